The molecule has 1 atom stereocenters. The summed E-state index contributed by atoms with van der Waals surface area (Å²) >= 11 is 0. The Kier molecular flexibility index (Phi) is 20.3. The number of rotatable bonds is 13. The van der Waals surface area contributed by atoms with Crippen LogP contribution < -0.4 is 31.6 Å². The number of aliphatic carboxylic acids is 3. The fourth-order valence-corrected chi connectivity index (χ4v) is 4.71. The maximum absolute atomic E-state index is 12.8. The van der Waals surface area contributed by atoms with E-state index in [0.717, 1.165) is 22.4 Å². The molecule has 2 aromatic carbocycles. The van der Waals surface area contributed by atoms with Gasteiger partial charge in [-0.1, -0.05) is 25.1 Å². The van der Waals surface area contributed by atoms with Crippen molar-refractivity contribution in [2.75, 3.05) is 18.5 Å². The van der Waals surface area contributed by atoms with E-state index < -0.39 is 48.4 Å². The highest BCUT2D eigenvalue weighted by molar-refractivity contribution is 6.08. The van der Waals surface area contributed by atoms with Crippen LogP contribution in [0.4, 0.5) is 50.9 Å². The van der Waals surface area contributed by atoms with Crippen molar-refractivity contribution in [1.82, 2.24) is 15.3 Å². The summed E-state index contributed by atoms with van der Waals surface area (Å²) in [6, 6.07) is 12.4. The normalized spacial score (nSPS) is 11.5. The highest BCUT2D eigenvalue weighted by Gasteiger charge is 2.39. The SMILES string of the molecule is CCOc1cc2ncc(C(N)=O)c(Nc3cccc(CNC(=O)[C@@H](N)Cc4cccnc4)c3CC)c2cc1OCC.O=C(O)C(F)(F)F.O=C(O)C(F)(F)F.O=C(O)C(F)(F)F. The first kappa shape index (κ1) is 53.1. The summed E-state index contributed by atoms with van der Waals surface area (Å²) in [5.41, 5.74) is 16.9. The Labute approximate surface area is 345 Å². The van der Waals surface area contributed by atoms with E-state index in [1.54, 1.807) is 18.5 Å². The quantitative estimate of drug-likeness (QED) is 0.0769. The van der Waals surface area contributed by atoms with E-state index in [-0.39, 0.29) is 11.5 Å². The molecule has 0 saturated carbocycles. The number of carboxylic acids is 3. The van der Waals surface area contributed by atoms with Gasteiger partial charge in [0.25, 0.3) is 5.91 Å². The topological polar surface area (TPSA) is 266 Å². The van der Waals surface area contributed by atoms with Crippen LogP contribution in [0, 0.1) is 0 Å². The van der Waals surface area contributed by atoms with Crippen LogP contribution in [0.3, 0.4) is 0 Å². The van der Waals surface area contributed by atoms with Crippen LogP contribution in [-0.4, -0.2) is 92.8 Å². The van der Waals surface area contributed by atoms with Gasteiger partial charge in [-0.2, -0.15) is 39.5 Å². The lowest BCUT2D eigenvalue weighted by atomic mass is 10.0. The fraction of sp³-hybridized carbons (Fsp3) is 0.324. The molecule has 0 spiro atoms. The highest BCUT2D eigenvalue weighted by Crippen LogP contribution is 2.38. The predicted molar refractivity (Wildman–Crippen MR) is 201 cm³/mol. The molecule has 0 radical (unpaired) electrons. The van der Waals surface area contributed by atoms with Gasteiger partial charge in [0.2, 0.25) is 5.91 Å². The number of pyridine rings is 2. The van der Waals surface area contributed by atoms with Crippen molar-refractivity contribution in [1.29, 1.82) is 0 Å². The Morgan fingerprint density at radius 2 is 1.29 bits per heavy atom. The number of halogens is 9. The van der Waals surface area contributed by atoms with Crippen LogP contribution in [0.5, 0.6) is 11.5 Å². The maximum atomic E-state index is 12.8. The van der Waals surface area contributed by atoms with Crippen LogP contribution in [0.1, 0.15) is 47.8 Å². The van der Waals surface area contributed by atoms with E-state index in [4.69, 9.17) is 50.6 Å². The zero-order valence-electron chi connectivity index (χ0n) is 32.5. The Morgan fingerprint density at radius 3 is 1.73 bits per heavy atom. The molecule has 0 saturated heterocycles. The molecule has 0 aliphatic rings. The number of alkyl halides is 9. The zero-order chi connectivity index (χ0) is 47.6. The third-order valence-electron chi connectivity index (χ3n) is 7.38. The van der Waals surface area contributed by atoms with Gasteiger partial charge in [-0.15, -0.1) is 0 Å². The minimum Gasteiger partial charge on any atom is -0.490 e. The molecule has 2 heterocycles. The number of amides is 2. The molecule has 0 bridgehead atoms. The summed E-state index contributed by atoms with van der Waals surface area (Å²) in [5, 5.41) is 28.4. The second-order valence-electron chi connectivity index (χ2n) is 11.8. The molecule has 340 valence electrons. The molecule has 4 rings (SSSR count). The van der Waals surface area contributed by atoms with Crippen LogP contribution in [-0.2, 0) is 38.6 Å². The van der Waals surface area contributed by atoms with Gasteiger partial charge in [0.05, 0.1) is 36.0 Å². The van der Waals surface area contributed by atoms with Gasteiger partial charge < -0.3 is 46.9 Å². The van der Waals surface area contributed by atoms with Crippen molar-refractivity contribution in [3.63, 3.8) is 0 Å². The standard InChI is InChI=1S/C31H36N6O4.3C2HF3O2/c1-4-21-20(17-36-31(39)24(32)13-19-9-8-12-34-16-19)10-7-11-25(21)37-29-22-14-27(40-5-2)28(41-6-3)15-26(22)35-18-23(29)30(33)38;3*3-2(4,5)1(6)7/h7-12,14-16,18,24H,4-6,13,17,32H2,1-3H3,(H2,33,38)(H,35,37)(H,36,39);3*(H,6,7)/t24-;;;/m0.../s1. The molecular formula is C37H39F9N6O10. The molecule has 62 heavy (non-hydrogen) atoms. The molecule has 2 amide bonds. The first-order valence-corrected chi connectivity index (χ1v) is 17.4. The summed E-state index contributed by atoms with van der Waals surface area (Å²) in [6.07, 6.45) is -9.34. The van der Waals surface area contributed by atoms with Gasteiger partial charge in [-0.05, 0) is 61.6 Å². The van der Waals surface area contributed by atoms with Gasteiger partial charge >= 0.3 is 36.4 Å². The number of carbonyl (C=O) groups excluding carboxylic acids is 2. The number of carboxylic acid groups (broad SMARTS) is 3. The van der Waals surface area contributed by atoms with Crippen LogP contribution in [0.15, 0.2) is 61.1 Å². The summed E-state index contributed by atoms with van der Waals surface area (Å²) in [4.78, 5) is 60.5. The number of hydrogen-bond acceptors (Lipinski definition) is 11. The molecule has 25 heteroatoms. The summed E-state index contributed by atoms with van der Waals surface area (Å²) in [7, 11) is 0. The van der Waals surface area contributed by atoms with Crippen LogP contribution in [0.25, 0.3) is 10.9 Å². The zero-order valence-corrected chi connectivity index (χ0v) is 32.5. The first-order valence-electron chi connectivity index (χ1n) is 17.4. The number of nitrogens with two attached hydrogens (primary N) is 2. The summed E-state index contributed by atoms with van der Waals surface area (Å²) in [6.45, 7) is 7.02. The number of nitrogens with zero attached hydrogens (tertiary/aromatic N) is 2. The molecule has 4 aromatic rings. The molecule has 16 nitrogen and oxygen atoms in total. The molecule has 0 fully saturated rings. The molecular weight excluding hydrogens is 859 g/mol. The number of ether oxygens (including phenoxy) is 2. The number of primary amides is 1. The molecule has 0 unspecified atom stereocenters. The number of anilines is 2. The Balaban J connectivity index is 0.000000751. The molecule has 0 aliphatic carbocycles. The Morgan fingerprint density at radius 1 is 0.774 bits per heavy atom. The van der Waals surface area contributed by atoms with E-state index in [9.17, 15) is 49.1 Å². The second-order valence-corrected chi connectivity index (χ2v) is 11.8. The summed E-state index contributed by atoms with van der Waals surface area (Å²) < 4.78 is 107. The average Bonchev–Trinajstić information content (AvgIpc) is 3.17. The number of benzene rings is 2. The first-order chi connectivity index (χ1) is 28.7. The van der Waals surface area contributed by atoms with Gasteiger partial charge in [-0.3, -0.25) is 19.6 Å². The second kappa shape index (κ2) is 23.8. The minimum absolute atomic E-state index is 0.242. The van der Waals surface area contributed by atoms with E-state index in [0.29, 0.717) is 60.7 Å². The Hall–Kier alpha value is -6.92. The van der Waals surface area contributed by atoms with Gasteiger partial charge in [-0.25, -0.2) is 14.4 Å². The molecule has 2 aromatic heterocycles. The van der Waals surface area contributed by atoms with Gasteiger partial charge in [0.15, 0.2) is 11.5 Å². The van der Waals surface area contributed by atoms with Crippen molar-refractivity contribution in [3.05, 3.63) is 83.3 Å². The van der Waals surface area contributed by atoms with E-state index in [1.165, 1.54) is 6.20 Å². The van der Waals surface area contributed by atoms with Crippen LogP contribution >= 0.6 is 0 Å². The van der Waals surface area contributed by atoms with E-state index in [2.05, 4.69) is 20.6 Å². The fourth-order valence-electron chi connectivity index (χ4n) is 4.71. The smallest absolute Gasteiger partial charge is 0.490 e. The predicted octanol–water partition coefficient (Wildman–Crippen LogP) is 5.92. The number of fused-ring (bicyclic) bond motifs is 1. The largest absolute Gasteiger partial charge is 0.490 e. The van der Waals surface area contributed by atoms with Crippen molar-refractivity contribution in [2.45, 2.75) is 64.7 Å². The average molecular weight is 899 g/mol. The lowest BCUT2D eigenvalue weighted by molar-refractivity contribution is -0.193. The maximum Gasteiger partial charge on any atom is 0.490 e. The van der Waals surface area contributed by atoms with Crippen LogP contribution in [0.2, 0.25) is 0 Å². The number of hydrogen-bond donors (Lipinski definition) is 7. The third kappa shape index (κ3) is 17.4. The van der Waals surface area contributed by atoms with Crippen molar-refractivity contribution in [2.24, 2.45) is 11.5 Å². The lowest BCUT2D eigenvalue weighted by Gasteiger charge is -2.20. The van der Waals surface area contributed by atoms with Crippen molar-refractivity contribution >= 4 is 52.0 Å². The van der Waals surface area contributed by atoms with Gasteiger partial charge in [0.1, 0.15) is 0 Å². The lowest BCUT2D eigenvalue weighted by Crippen LogP contribution is -2.41. The van der Waals surface area contributed by atoms with Gasteiger partial charge in [0, 0.05) is 42.3 Å². The Bertz CT molecular complexity index is 2100. The number of nitrogens with one attached hydrogen (secondary N) is 2. The summed E-state index contributed by atoms with van der Waals surface area (Å²) in [5.74, 6) is -8.02. The van der Waals surface area contributed by atoms with E-state index in [1.807, 2.05) is 57.2 Å². The van der Waals surface area contributed by atoms with Crippen molar-refractivity contribution in [3.8, 4) is 11.5 Å². The number of carbonyl (C=O) groups is 5. The third-order valence-corrected chi connectivity index (χ3v) is 7.38. The number of aromatic nitrogens is 2. The van der Waals surface area contributed by atoms with E-state index >= 15 is 0 Å². The molecule has 0 aliphatic heterocycles. The molecule has 9 N–H and O–H groups in total. The minimum atomic E-state index is -5.08. The van der Waals surface area contributed by atoms with Crippen molar-refractivity contribution < 1.29 is 88.3 Å². The monoisotopic (exact) mass is 898 g/mol. The highest BCUT2D eigenvalue weighted by atomic mass is 19.4.